The summed E-state index contributed by atoms with van der Waals surface area (Å²) in [5.74, 6) is 0.879. The first-order chi connectivity index (χ1) is 6.79. The molecular weight excluding hydrogens is 212 g/mol. The van der Waals surface area contributed by atoms with Gasteiger partial charge in [-0.15, -0.1) is 11.3 Å². The van der Waals surface area contributed by atoms with Gasteiger partial charge in [0.2, 0.25) is 0 Å². The fourth-order valence-electron chi connectivity index (χ4n) is 1.23. The zero-order chi connectivity index (χ0) is 9.97. The van der Waals surface area contributed by atoms with Crippen LogP contribution in [0.2, 0.25) is 0 Å². The molecule has 1 N–H and O–H groups in total. The Labute approximate surface area is 91.7 Å². The van der Waals surface area contributed by atoms with E-state index in [1.54, 1.807) is 11.3 Å². The Bertz CT molecular complexity index is 471. The molecule has 0 atom stereocenters. The molecule has 0 fully saturated rings. The van der Waals surface area contributed by atoms with Crippen LogP contribution >= 0.6 is 23.6 Å². The van der Waals surface area contributed by atoms with E-state index in [2.05, 4.69) is 16.9 Å². The van der Waals surface area contributed by atoms with Crippen LogP contribution in [0, 0.1) is 4.64 Å². The number of thiophene rings is 1. The van der Waals surface area contributed by atoms with Crippen molar-refractivity contribution in [3.8, 4) is 10.7 Å². The smallest absolute Gasteiger partial charge is 0.149 e. The molecule has 72 valence electrons. The molecule has 4 heteroatoms. The Morgan fingerprint density at radius 3 is 3.07 bits per heavy atom. The van der Waals surface area contributed by atoms with E-state index in [1.165, 1.54) is 0 Å². The van der Waals surface area contributed by atoms with Crippen LogP contribution in [0.3, 0.4) is 0 Å². The molecule has 0 saturated carbocycles. The fraction of sp³-hybridized carbons (Fsp3) is 0.200. The van der Waals surface area contributed by atoms with Gasteiger partial charge < -0.3 is 4.98 Å². The molecule has 0 aliphatic rings. The molecule has 2 aromatic rings. The molecule has 2 rings (SSSR count). The summed E-state index contributed by atoms with van der Waals surface area (Å²) in [6.45, 7) is 2.10. The van der Waals surface area contributed by atoms with E-state index in [0.717, 1.165) is 22.8 Å². The van der Waals surface area contributed by atoms with Gasteiger partial charge in [0.25, 0.3) is 0 Å². The number of hydrogen-bond donors (Lipinski definition) is 1. The third-order valence-electron chi connectivity index (χ3n) is 1.93. The van der Waals surface area contributed by atoms with E-state index in [0.29, 0.717) is 4.64 Å². The van der Waals surface area contributed by atoms with Crippen LogP contribution in [0.15, 0.2) is 23.6 Å². The number of nitrogens with zero attached hydrogens (tertiary/aromatic N) is 1. The average molecular weight is 222 g/mol. The normalized spacial score (nSPS) is 10.4. The van der Waals surface area contributed by atoms with Gasteiger partial charge in [0.05, 0.1) is 4.88 Å². The second-order valence-electron chi connectivity index (χ2n) is 2.92. The lowest BCUT2D eigenvalue weighted by Gasteiger charge is -2.01. The highest BCUT2D eigenvalue weighted by atomic mass is 32.1. The quantitative estimate of drug-likeness (QED) is 0.789. The van der Waals surface area contributed by atoms with E-state index in [1.807, 2.05) is 23.6 Å². The highest BCUT2D eigenvalue weighted by Gasteiger charge is 2.01. The van der Waals surface area contributed by atoms with Crippen molar-refractivity contribution in [3.63, 3.8) is 0 Å². The molecule has 0 unspecified atom stereocenters. The van der Waals surface area contributed by atoms with Gasteiger partial charge in [0.1, 0.15) is 10.5 Å². The standard InChI is InChI=1S/C10H10N2S2/c1-2-7-6-9(13)12-10(11-7)8-4-3-5-14-8/h3-6H,2H2,1H3,(H,11,12,13). The van der Waals surface area contributed by atoms with Crippen LogP contribution < -0.4 is 0 Å². The maximum absolute atomic E-state index is 5.10. The fourth-order valence-corrected chi connectivity index (χ4v) is 2.13. The number of hydrogen-bond acceptors (Lipinski definition) is 3. The molecule has 2 aromatic heterocycles. The SMILES string of the molecule is CCc1cc(=S)nc(-c2cccs2)[nH]1. The Kier molecular flexibility index (Phi) is 2.74. The number of aromatic amines is 1. The first kappa shape index (κ1) is 9.55. The third-order valence-corrected chi connectivity index (χ3v) is 3.02. The molecule has 0 saturated heterocycles. The van der Waals surface area contributed by atoms with Crippen molar-refractivity contribution in [3.05, 3.63) is 33.9 Å². The molecule has 2 heterocycles. The Balaban J connectivity index is 2.54. The number of aryl methyl sites for hydroxylation is 1. The van der Waals surface area contributed by atoms with Crippen LogP contribution in [0.5, 0.6) is 0 Å². The van der Waals surface area contributed by atoms with Gasteiger partial charge in [-0.1, -0.05) is 25.2 Å². The largest absolute Gasteiger partial charge is 0.342 e. The van der Waals surface area contributed by atoms with Gasteiger partial charge in [0.15, 0.2) is 0 Å². The topological polar surface area (TPSA) is 28.7 Å². The van der Waals surface area contributed by atoms with Gasteiger partial charge in [-0.25, -0.2) is 4.98 Å². The molecule has 0 aliphatic carbocycles. The second kappa shape index (κ2) is 4.02. The van der Waals surface area contributed by atoms with Crippen molar-refractivity contribution in [2.75, 3.05) is 0 Å². The van der Waals surface area contributed by atoms with Crippen molar-refractivity contribution in [2.45, 2.75) is 13.3 Å². The molecular formula is C10H10N2S2. The van der Waals surface area contributed by atoms with Crippen molar-refractivity contribution < 1.29 is 0 Å². The lowest BCUT2D eigenvalue weighted by molar-refractivity contribution is 1.00. The molecule has 0 aliphatic heterocycles. The Morgan fingerprint density at radius 1 is 1.57 bits per heavy atom. The highest BCUT2D eigenvalue weighted by molar-refractivity contribution is 7.71. The summed E-state index contributed by atoms with van der Waals surface area (Å²) in [5, 5.41) is 2.03. The van der Waals surface area contributed by atoms with Gasteiger partial charge in [0, 0.05) is 5.69 Å². The summed E-state index contributed by atoms with van der Waals surface area (Å²) in [5.41, 5.74) is 1.13. The van der Waals surface area contributed by atoms with Crippen molar-refractivity contribution in [1.82, 2.24) is 9.97 Å². The predicted molar refractivity (Wildman–Crippen MR) is 62.1 cm³/mol. The van der Waals surface area contributed by atoms with E-state index in [-0.39, 0.29) is 0 Å². The highest BCUT2D eigenvalue weighted by Crippen LogP contribution is 2.20. The summed E-state index contributed by atoms with van der Waals surface area (Å²) in [7, 11) is 0. The first-order valence-corrected chi connectivity index (χ1v) is 5.72. The van der Waals surface area contributed by atoms with Gasteiger partial charge in [-0.2, -0.15) is 0 Å². The molecule has 0 spiro atoms. The molecule has 0 amide bonds. The van der Waals surface area contributed by atoms with Crippen LogP contribution in [0.25, 0.3) is 10.7 Å². The zero-order valence-electron chi connectivity index (χ0n) is 7.78. The first-order valence-electron chi connectivity index (χ1n) is 4.43. The van der Waals surface area contributed by atoms with E-state index in [4.69, 9.17) is 12.2 Å². The third kappa shape index (κ3) is 1.91. The predicted octanol–water partition coefficient (Wildman–Crippen LogP) is 3.43. The van der Waals surface area contributed by atoms with Gasteiger partial charge in [-0.3, -0.25) is 0 Å². The number of rotatable bonds is 2. The van der Waals surface area contributed by atoms with E-state index < -0.39 is 0 Å². The van der Waals surface area contributed by atoms with E-state index in [9.17, 15) is 0 Å². The lowest BCUT2D eigenvalue weighted by atomic mass is 10.3. The van der Waals surface area contributed by atoms with Gasteiger partial charge in [-0.05, 0) is 23.9 Å². The summed E-state index contributed by atoms with van der Waals surface area (Å²) in [6, 6.07) is 5.96. The molecule has 14 heavy (non-hydrogen) atoms. The molecule has 0 bridgehead atoms. The van der Waals surface area contributed by atoms with Crippen LogP contribution in [-0.4, -0.2) is 9.97 Å². The average Bonchev–Trinajstić information content (AvgIpc) is 2.69. The maximum Gasteiger partial charge on any atom is 0.149 e. The van der Waals surface area contributed by atoms with Crippen molar-refractivity contribution >= 4 is 23.6 Å². The minimum atomic E-state index is 0.656. The second-order valence-corrected chi connectivity index (χ2v) is 4.29. The zero-order valence-corrected chi connectivity index (χ0v) is 9.41. The minimum absolute atomic E-state index is 0.656. The minimum Gasteiger partial charge on any atom is -0.342 e. The van der Waals surface area contributed by atoms with Crippen LogP contribution in [0.4, 0.5) is 0 Å². The summed E-state index contributed by atoms with van der Waals surface area (Å²) in [6.07, 6.45) is 0.949. The van der Waals surface area contributed by atoms with Crippen molar-refractivity contribution in [1.29, 1.82) is 0 Å². The Hall–Kier alpha value is -1.00. The monoisotopic (exact) mass is 222 g/mol. The Morgan fingerprint density at radius 2 is 2.43 bits per heavy atom. The summed E-state index contributed by atoms with van der Waals surface area (Å²) < 4.78 is 0.656. The van der Waals surface area contributed by atoms with Crippen molar-refractivity contribution in [2.24, 2.45) is 0 Å². The summed E-state index contributed by atoms with van der Waals surface area (Å²) >= 11 is 6.76. The number of H-pyrrole nitrogens is 1. The maximum atomic E-state index is 5.10. The lowest BCUT2D eigenvalue weighted by Crippen LogP contribution is -1.93. The molecule has 0 radical (unpaired) electrons. The number of aromatic nitrogens is 2. The van der Waals surface area contributed by atoms with Gasteiger partial charge >= 0.3 is 0 Å². The molecule has 2 nitrogen and oxygen atoms in total. The van der Waals surface area contributed by atoms with Crippen LogP contribution in [-0.2, 0) is 6.42 Å². The molecule has 0 aromatic carbocycles. The summed E-state index contributed by atoms with van der Waals surface area (Å²) in [4.78, 5) is 8.69. The van der Waals surface area contributed by atoms with Crippen LogP contribution in [0.1, 0.15) is 12.6 Å². The number of nitrogens with one attached hydrogen (secondary N) is 1. The van der Waals surface area contributed by atoms with E-state index >= 15 is 0 Å².